The lowest BCUT2D eigenvalue weighted by atomic mass is 10.0. The normalized spacial score (nSPS) is 12.7. The van der Waals surface area contributed by atoms with Gasteiger partial charge in [-0.25, -0.2) is 0 Å². The first-order valence-electron chi connectivity index (χ1n) is 36.8. The van der Waals surface area contributed by atoms with E-state index in [1.165, 1.54) is 327 Å². The van der Waals surface area contributed by atoms with Gasteiger partial charge in [0.05, 0.1) is 25.4 Å². The first-order chi connectivity index (χ1) is 40.0. The second kappa shape index (κ2) is 70.6. The topological polar surface area (TPSA) is 95.9 Å². The monoisotopic (exact) mass is 1140 g/mol. The molecule has 0 saturated heterocycles. The van der Waals surface area contributed by atoms with Crippen LogP contribution in [0.5, 0.6) is 0 Å². The van der Waals surface area contributed by atoms with Crippen molar-refractivity contribution in [2.75, 3.05) is 13.2 Å². The number of aliphatic hydroxyl groups is 2. The lowest BCUT2D eigenvalue weighted by Crippen LogP contribution is -2.45. The third kappa shape index (κ3) is 67.1. The molecular weight excluding hydrogens is 995 g/mol. The molecule has 81 heavy (non-hydrogen) atoms. The zero-order valence-electron chi connectivity index (χ0n) is 54.8. The van der Waals surface area contributed by atoms with Crippen LogP contribution in [0.2, 0.25) is 0 Å². The van der Waals surface area contributed by atoms with Gasteiger partial charge in [0.15, 0.2) is 0 Å². The van der Waals surface area contributed by atoms with E-state index >= 15 is 0 Å². The Labute approximate surface area is 506 Å². The maximum atomic E-state index is 12.5. The highest BCUT2D eigenvalue weighted by molar-refractivity contribution is 5.76. The average molecular weight is 1140 g/mol. The first kappa shape index (κ1) is 79.1. The van der Waals surface area contributed by atoms with Crippen LogP contribution in [0.3, 0.4) is 0 Å². The predicted molar refractivity (Wildman–Crippen MR) is 356 cm³/mol. The number of esters is 1. The Morgan fingerprint density at radius 1 is 0.333 bits per heavy atom. The van der Waals surface area contributed by atoms with Crippen molar-refractivity contribution in [3.63, 3.8) is 0 Å². The summed E-state index contributed by atoms with van der Waals surface area (Å²) in [5.41, 5.74) is 0. The lowest BCUT2D eigenvalue weighted by molar-refractivity contribution is -0.143. The largest absolute Gasteiger partial charge is 0.466 e. The molecule has 0 spiro atoms. The second-order valence-corrected chi connectivity index (χ2v) is 25.3. The number of rotatable bonds is 69. The Morgan fingerprint density at radius 2 is 0.580 bits per heavy atom. The molecule has 6 nitrogen and oxygen atoms in total. The highest BCUT2D eigenvalue weighted by atomic mass is 16.5. The number of hydrogen-bond acceptors (Lipinski definition) is 5. The van der Waals surface area contributed by atoms with E-state index < -0.39 is 12.1 Å². The van der Waals surface area contributed by atoms with Crippen molar-refractivity contribution in [2.45, 2.75) is 418 Å². The molecule has 0 heterocycles. The molecule has 0 radical (unpaired) electrons. The molecule has 0 aromatic heterocycles. The Balaban J connectivity index is 3.42. The molecule has 1 amide bonds. The summed E-state index contributed by atoms with van der Waals surface area (Å²) in [5.74, 6) is -0.0592. The Kier molecular flexibility index (Phi) is 68.9. The van der Waals surface area contributed by atoms with E-state index in [0.29, 0.717) is 19.4 Å². The van der Waals surface area contributed by atoms with Crippen LogP contribution in [0.1, 0.15) is 406 Å². The van der Waals surface area contributed by atoms with E-state index in [-0.39, 0.29) is 18.5 Å². The van der Waals surface area contributed by atoms with E-state index in [1.807, 2.05) is 6.08 Å². The summed E-state index contributed by atoms with van der Waals surface area (Å²) in [5, 5.41) is 23.3. The van der Waals surface area contributed by atoms with Gasteiger partial charge in [0.1, 0.15) is 0 Å². The summed E-state index contributed by atoms with van der Waals surface area (Å²) in [7, 11) is 0. The van der Waals surface area contributed by atoms with Crippen LogP contribution < -0.4 is 5.32 Å². The third-order valence-corrected chi connectivity index (χ3v) is 17.1. The fourth-order valence-corrected chi connectivity index (χ4v) is 11.5. The molecule has 0 aliphatic rings. The van der Waals surface area contributed by atoms with Crippen LogP contribution >= 0.6 is 0 Å². The number of ether oxygens (including phenoxy) is 1. The minimum absolute atomic E-state index is 0.0113. The zero-order valence-corrected chi connectivity index (χ0v) is 54.8. The SMILES string of the molecule is CCCCCCCC/C=C\CCCCCCCCCCCC(=O)OCCCCCCCCCCCCCC/C=C\CCCCCCCCCC(=O)NC(CO)C(O)/C=C/CCCCCCCCCCCCCCCCCCCCCC. The molecule has 0 aromatic rings. The van der Waals surface area contributed by atoms with Crippen LogP contribution in [0, 0.1) is 0 Å². The minimum atomic E-state index is -0.850. The Hall–Kier alpha value is -1.92. The van der Waals surface area contributed by atoms with Crippen molar-refractivity contribution < 1.29 is 24.5 Å². The standard InChI is InChI=1S/C75H143NO5/c1-3-5-7-9-11-13-15-17-19-21-23-24-28-32-35-39-43-47-51-55-59-63-67-73(78)72(71-77)76-74(79)68-64-60-56-52-48-44-40-36-33-29-26-25-27-30-34-38-42-46-50-54-58-62-66-70-81-75(80)69-65-61-57-53-49-45-41-37-31-22-20-18-16-14-12-10-8-6-4-2/h18,20,29,33,63,67,72-73,77-78H,3-17,19,21-28,30-32,34-62,64-66,68-71H2,1-2H3,(H,76,79)/b20-18-,33-29-,67-63+. The fraction of sp³-hybridized carbons (Fsp3) is 0.893. The van der Waals surface area contributed by atoms with Crippen LogP contribution in [-0.4, -0.2) is 47.4 Å². The fourth-order valence-electron chi connectivity index (χ4n) is 11.5. The van der Waals surface area contributed by atoms with E-state index in [0.717, 1.165) is 51.4 Å². The van der Waals surface area contributed by atoms with E-state index in [9.17, 15) is 19.8 Å². The number of carbonyl (C=O) groups excluding carboxylic acids is 2. The summed E-state index contributed by atoms with van der Waals surface area (Å²) in [6.45, 7) is 4.93. The smallest absolute Gasteiger partial charge is 0.305 e. The molecule has 2 unspecified atom stereocenters. The summed E-state index contributed by atoms with van der Waals surface area (Å²) >= 11 is 0. The minimum Gasteiger partial charge on any atom is -0.466 e. The van der Waals surface area contributed by atoms with Gasteiger partial charge in [-0.05, 0) is 83.5 Å². The number of amides is 1. The van der Waals surface area contributed by atoms with Crippen molar-refractivity contribution in [3.8, 4) is 0 Å². The molecule has 0 aliphatic carbocycles. The highest BCUT2D eigenvalue weighted by Gasteiger charge is 2.18. The molecule has 3 N–H and O–H groups in total. The lowest BCUT2D eigenvalue weighted by Gasteiger charge is -2.20. The molecule has 0 aromatic carbocycles. The summed E-state index contributed by atoms with van der Waals surface area (Å²) < 4.78 is 5.51. The van der Waals surface area contributed by atoms with Gasteiger partial charge < -0.3 is 20.3 Å². The highest BCUT2D eigenvalue weighted by Crippen LogP contribution is 2.19. The van der Waals surface area contributed by atoms with E-state index in [2.05, 4.69) is 43.5 Å². The van der Waals surface area contributed by atoms with Gasteiger partial charge in [0, 0.05) is 12.8 Å². The summed E-state index contributed by atoms with van der Waals surface area (Å²) in [4.78, 5) is 24.6. The quantitative estimate of drug-likeness (QED) is 0.0320. The summed E-state index contributed by atoms with van der Waals surface area (Å²) in [6.07, 6.45) is 90.8. The van der Waals surface area contributed by atoms with Crippen molar-refractivity contribution >= 4 is 11.9 Å². The van der Waals surface area contributed by atoms with E-state index in [4.69, 9.17) is 4.74 Å². The number of carbonyl (C=O) groups is 2. The number of nitrogens with one attached hydrogen (secondary N) is 1. The zero-order chi connectivity index (χ0) is 58.5. The molecule has 0 fully saturated rings. The van der Waals surface area contributed by atoms with Gasteiger partial charge in [0.25, 0.3) is 0 Å². The molecule has 0 saturated carbocycles. The molecule has 0 bridgehead atoms. The number of allylic oxidation sites excluding steroid dienone is 5. The average Bonchev–Trinajstić information content (AvgIpc) is 3.47. The maximum Gasteiger partial charge on any atom is 0.305 e. The van der Waals surface area contributed by atoms with Gasteiger partial charge in [-0.15, -0.1) is 0 Å². The van der Waals surface area contributed by atoms with Crippen LogP contribution in [0.4, 0.5) is 0 Å². The Bertz CT molecular complexity index is 1310. The number of hydrogen-bond donors (Lipinski definition) is 3. The van der Waals surface area contributed by atoms with Gasteiger partial charge >= 0.3 is 5.97 Å². The molecular formula is C75H143NO5. The molecule has 0 rings (SSSR count). The van der Waals surface area contributed by atoms with Crippen LogP contribution in [0.15, 0.2) is 36.5 Å². The van der Waals surface area contributed by atoms with E-state index in [1.54, 1.807) is 6.08 Å². The van der Waals surface area contributed by atoms with Crippen LogP contribution in [0.25, 0.3) is 0 Å². The van der Waals surface area contributed by atoms with Crippen molar-refractivity contribution in [1.29, 1.82) is 0 Å². The van der Waals surface area contributed by atoms with Gasteiger partial charge in [0.2, 0.25) is 5.91 Å². The number of unbranched alkanes of at least 4 members (excludes halogenated alkanes) is 54. The Morgan fingerprint density at radius 3 is 0.877 bits per heavy atom. The number of aliphatic hydroxyl groups excluding tert-OH is 2. The van der Waals surface area contributed by atoms with Crippen LogP contribution in [-0.2, 0) is 14.3 Å². The first-order valence-corrected chi connectivity index (χ1v) is 36.8. The second-order valence-electron chi connectivity index (χ2n) is 25.3. The molecule has 6 heteroatoms. The maximum absolute atomic E-state index is 12.5. The predicted octanol–water partition coefficient (Wildman–Crippen LogP) is 23.9. The van der Waals surface area contributed by atoms with Gasteiger partial charge in [-0.2, -0.15) is 0 Å². The molecule has 478 valence electrons. The molecule has 2 atom stereocenters. The van der Waals surface area contributed by atoms with Gasteiger partial charge in [-0.3, -0.25) is 9.59 Å². The van der Waals surface area contributed by atoms with Crippen molar-refractivity contribution in [2.24, 2.45) is 0 Å². The van der Waals surface area contributed by atoms with Crippen molar-refractivity contribution in [3.05, 3.63) is 36.5 Å². The van der Waals surface area contributed by atoms with Crippen molar-refractivity contribution in [1.82, 2.24) is 5.32 Å². The third-order valence-electron chi connectivity index (χ3n) is 17.1. The summed E-state index contributed by atoms with van der Waals surface area (Å²) in [6, 6.07) is -0.634. The van der Waals surface area contributed by atoms with Gasteiger partial charge in [-0.1, -0.05) is 346 Å². The molecule has 0 aliphatic heterocycles.